The zero-order valence-electron chi connectivity index (χ0n) is 20.6. The van der Waals surface area contributed by atoms with Gasteiger partial charge in [0.1, 0.15) is 12.4 Å². The number of carbonyl (C=O) groups is 2. The molecule has 0 aliphatic carbocycles. The topological polar surface area (TPSA) is 121 Å². The Balaban J connectivity index is 1.45. The largest absolute Gasteiger partial charge is 0.454 e. The standard InChI is InChI=1S/C28H23FN4O6/c1-2-10-32-27(36)21-8-7-18(26(35)30-14-17-6-9-23-24(11-17)39-16-38-23)12-22(21)33(28(32)37)15-25(34)31-20-5-3-4-19(29)13-20/h2-9,11-13H,1,10,14-16H2,(H,30,35)(H,31,34). The number of aromatic nitrogens is 2. The van der Waals surface area contributed by atoms with E-state index in [1.165, 1.54) is 42.5 Å². The summed E-state index contributed by atoms with van der Waals surface area (Å²) < 4.78 is 26.2. The second-order valence-corrected chi connectivity index (χ2v) is 8.73. The van der Waals surface area contributed by atoms with Crippen LogP contribution in [0.1, 0.15) is 15.9 Å². The van der Waals surface area contributed by atoms with Crippen LogP contribution in [0.15, 0.2) is 82.9 Å². The lowest BCUT2D eigenvalue weighted by molar-refractivity contribution is -0.116. The number of hydrogen-bond acceptors (Lipinski definition) is 6. The Hall–Kier alpha value is -5.19. The van der Waals surface area contributed by atoms with E-state index in [1.54, 1.807) is 18.2 Å². The maximum Gasteiger partial charge on any atom is 0.332 e. The molecule has 4 aromatic rings. The number of amides is 2. The summed E-state index contributed by atoms with van der Waals surface area (Å²) >= 11 is 0. The fourth-order valence-electron chi connectivity index (χ4n) is 4.25. The first kappa shape index (κ1) is 25.5. The normalized spacial score (nSPS) is 11.8. The second-order valence-electron chi connectivity index (χ2n) is 8.73. The molecule has 2 heterocycles. The van der Waals surface area contributed by atoms with E-state index >= 15 is 0 Å². The van der Waals surface area contributed by atoms with Crippen molar-refractivity contribution in [1.29, 1.82) is 0 Å². The van der Waals surface area contributed by atoms with Crippen LogP contribution in [0.25, 0.3) is 10.9 Å². The lowest BCUT2D eigenvalue weighted by atomic mass is 10.1. The molecule has 0 bridgehead atoms. The number of anilines is 1. The third kappa shape index (κ3) is 5.28. The van der Waals surface area contributed by atoms with E-state index in [1.807, 2.05) is 0 Å². The van der Waals surface area contributed by atoms with Crippen molar-refractivity contribution in [2.45, 2.75) is 19.6 Å². The predicted molar refractivity (Wildman–Crippen MR) is 141 cm³/mol. The average molecular weight is 531 g/mol. The summed E-state index contributed by atoms with van der Waals surface area (Å²) in [6.07, 6.45) is 1.39. The van der Waals surface area contributed by atoms with Gasteiger partial charge >= 0.3 is 5.69 Å². The van der Waals surface area contributed by atoms with Crippen molar-refractivity contribution in [2.24, 2.45) is 0 Å². The Morgan fingerprint density at radius 3 is 2.62 bits per heavy atom. The van der Waals surface area contributed by atoms with Crippen molar-refractivity contribution >= 4 is 28.4 Å². The Morgan fingerprint density at radius 2 is 1.82 bits per heavy atom. The summed E-state index contributed by atoms with van der Waals surface area (Å²) in [7, 11) is 0. The quantitative estimate of drug-likeness (QED) is 0.338. The molecule has 2 amide bonds. The summed E-state index contributed by atoms with van der Waals surface area (Å²) in [5.74, 6) is -0.394. The number of fused-ring (bicyclic) bond motifs is 2. The molecule has 198 valence electrons. The number of nitrogens with zero attached hydrogens (tertiary/aromatic N) is 2. The number of allylic oxidation sites excluding steroid dienone is 1. The van der Waals surface area contributed by atoms with Crippen molar-refractivity contribution in [2.75, 3.05) is 12.1 Å². The monoisotopic (exact) mass is 530 g/mol. The number of carbonyl (C=O) groups excluding carboxylic acids is 2. The highest BCUT2D eigenvalue weighted by atomic mass is 19.1. The highest BCUT2D eigenvalue weighted by molar-refractivity contribution is 5.98. The van der Waals surface area contributed by atoms with E-state index in [0.717, 1.165) is 20.8 Å². The summed E-state index contributed by atoms with van der Waals surface area (Å²) in [6.45, 7) is 3.36. The molecule has 10 nitrogen and oxygen atoms in total. The molecule has 1 aliphatic heterocycles. The first-order chi connectivity index (χ1) is 18.8. The van der Waals surface area contributed by atoms with Gasteiger partial charge < -0.3 is 20.1 Å². The van der Waals surface area contributed by atoms with Crippen molar-refractivity contribution < 1.29 is 23.5 Å². The summed E-state index contributed by atoms with van der Waals surface area (Å²) in [5.41, 5.74) is -0.0473. The van der Waals surface area contributed by atoms with Crippen LogP contribution in [0.3, 0.4) is 0 Å². The minimum Gasteiger partial charge on any atom is -0.454 e. The van der Waals surface area contributed by atoms with Crippen molar-refractivity contribution in [3.05, 3.63) is 111 Å². The minimum atomic E-state index is -0.750. The van der Waals surface area contributed by atoms with Gasteiger partial charge in [-0.15, -0.1) is 6.58 Å². The van der Waals surface area contributed by atoms with Gasteiger partial charge in [0, 0.05) is 24.3 Å². The molecule has 0 fully saturated rings. The van der Waals surface area contributed by atoms with E-state index in [2.05, 4.69) is 17.2 Å². The third-order valence-electron chi connectivity index (χ3n) is 6.10. The van der Waals surface area contributed by atoms with E-state index in [4.69, 9.17) is 9.47 Å². The molecular weight excluding hydrogens is 507 g/mol. The Kier molecular flexibility index (Phi) is 6.96. The molecule has 39 heavy (non-hydrogen) atoms. The van der Waals surface area contributed by atoms with Crippen LogP contribution in [0.5, 0.6) is 11.5 Å². The van der Waals surface area contributed by atoms with Crippen LogP contribution in [-0.4, -0.2) is 27.7 Å². The molecule has 5 rings (SSSR count). The van der Waals surface area contributed by atoms with Crippen molar-refractivity contribution in [3.63, 3.8) is 0 Å². The van der Waals surface area contributed by atoms with Gasteiger partial charge in [-0.25, -0.2) is 9.18 Å². The molecule has 0 radical (unpaired) electrons. The molecule has 1 aromatic heterocycles. The predicted octanol–water partition coefficient (Wildman–Crippen LogP) is 2.79. The molecular formula is C28H23FN4O6. The zero-order valence-corrected chi connectivity index (χ0v) is 20.6. The molecule has 0 saturated heterocycles. The first-order valence-electron chi connectivity index (χ1n) is 11.9. The molecule has 1 aliphatic rings. The van der Waals surface area contributed by atoms with Gasteiger partial charge in [0.2, 0.25) is 12.7 Å². The van der Waals surface area contributed by atoms with Gasteiger partial charge in [0.15, 0.2) is 11.5 Å². The van der Waals surface area contributed by atoms with Gasteiger partial charge in [-0.1, -0.05) is 18.2 Å². The van der Waals surface area contributed by atoms with Gasteiger partial charge in [-0.2, -0.15) is 0 Å². The summed E-state index contributed by atoms with van der Waals surface area (Å²) in [4.78, 5) is 52.0. The maximum atomic E-state index is 13.5. The van der Waals surface area contributed by atoms with Gasteiger partial charge in [-0.05, 0) is 54.1 Å². The smallest absolute Gasteiger partial charge is 0.332 e. The van der Waals surface area contributed by atoms with Gasteiger partial charge in [0.25, 0.3) is 11.5 Å². The van der Waals surface area contributed by atoms with Gasteiger partial charge in [-0.3, -0.25) is 23.5 Å². The van der Waals surface area contributed by atoms with Crippen LogP contribution < -0.4 is 31.4 Å². The van der Waals surface area contributed by atoms with Crippen molar-refractivity contribution in [1.82, 2.24) is 14.5 Å². The highest BCUT2D eigenvalue weighted by Gasteiger charge is 2.18. The molecule has 0 unspecified atom stereocenters. The number of nitrogens with one attached hydrogen (secondary N) is 2. The van der Waals surface area contributed by atoms with Crippen LogP contribution in [0.4, 0.5) is 10.1 Å². The number of benzene rings is 3. The van der Waals surface area contributed by atoms with Crippen LogP contribution in [-0.2, 0) is 24.4 Å². The molecule has 2 N–H and O–H groups in total. The Labute approximate surface area is 220 Å². The van der Waals surface area contributed by atoms with E-state index < -0.39 is 35.4 Å². The fourth-order valence-corrected chi connectivity index (χ4v) is 4.25. The molecule has 0 saturated carbocycles. The van der Waals surface area contributed by atoms with Crippen LogP contribution >= 0.6 is 0 Å². The summed E-state index contributed by atoms with van der Waals surface area (Å²) in [6, 6.07) is 14.9. The van der Waals surface area contributed by atoms with E-state index in [0.29, 0.717) is 11.5 Å². The van der Waals surface area contributed by atoms with Crippen molar-refractivity contribution in [3.8, 4) is 11.5 Å². The molecule has 3 aromatic carbocycles. The van der Waals surface area contributed by atoms with Crippen LogP contribution in [0, 0.1) is 5.82 Å². The maximum absolute atomic E-state index is 13.5. The fraction of sp³-hybridized carbons (Fsp3) is 0.143. The molecule has 11 heteroatoms. The second kappa shape index (κ2) is 10.7. The Morgan fingerprint density at radius 1 is 1.00 bits per heavy atom. The van der Waals surface area contributed by atoms with E-state index in [9.17, 15) is 23.6 Å². The highest BCUT2D eigenvalue weighted by Crippen LogP contribution is 2.32. The average Bonchev–Trinajstić information content (AvgIpc) is 3.40. The number of rotatable bonds is 8. The molecule has 0 atom stereocenters. The van der Waals surface area contributed by atoms with E-state index in [-0.39, 0.29) is 42.0 Å². The lowest BCUT2D eigenvalue weighted by Crippen LogP contribution is -2.41. The third-order valence-corrected chi connectivity index (χ3v) is 6.10. The number of ether oxygens (including phenoxy) is 2. The Bertz CT molecular complexity index is 1740. The SMILES string of the molecule is C=CCn1c(=O)c2ccc(C(=O)NCc3ccc4c(c3)OCO4)cc2n(CC(=O)Nc2cccc(F)c2)c1=O. The number of halogens is 1. The minimum absolute atomic E-state index is 0.0725. The lowest BCUT2D eigenvalue weighted by Gasteiger charge is -2.14. The number of hydrogen-bond donors (Lipinski definition) is 2. The summed E-state index contributed by atoms with van der Waals surface area (Å²) in [5, 5.41) is 5.48. The first-order valence-corrected chi connectivity index (χ1v) is 11.9. The zero-order chi connectivity index (χ0) is 27.5. The molecule has 0 spiro atoms. The van der Waals surface area contributed by atoms with Crippen LogP contribution in [0.2, 0.25) is 0 Å². The van der Waals surface area contributed by atoms with Gasteiger partial charge in [0.05, 0.1) is 10.9 Å².